The lowest BCUT2D eigenvalue weighted by Gasteiger charge is -2.53. The van der Waals surface area contributed by atoms with E-state index >= 15 is 0 Å². The molecule has 0 saturated heterocycles. The quantitative estimate of drug-likeness (QED) is 0.0676. The van der Waals surface area contributed by atoms with E-state index in [1.807, 2.05) is 0 Å². The van der Waals surface area contributed by atoms with Gasteiger partial charge in [0.25, 0.3) is 5.91 Å². The minimum absolute atomic E-state index is 0.135. The Morgan fingerprint density at radius 1 is 1.13 bits per heavy atom. The van der Waals surface area contributed by atoms with Gasteiger partial charge in [0.1, 0.15) is 28.9 Å². The van der Waals surface area contributed by atoms with E-state index in [0.717, 1.165) is 0 Å². The molecule has 6 atom stereocenters. The number of ketones is 2. The molecule has 0 aromatic heterocycles. The number of nitrogens with one attached hydrogen (secondary N) is 2. The fourth-order valence-corrected chi connectivity index (χ4v) is 6.63. The number of rotatable bonds is 10. The molecule has 244 valence electrons. The van der Waals surface area contributed by atoms with Gasteiger partial charge in [-0.05, 0) is 58.5 Å². The number of aliphatic carboxylic acids is 1. The summed E-state index contributed by atoms with van der Waals surface area (Å²) in [6, 6.07) is 1.83. The van der Waals surface area contributed by atoms with Gasteiger partial charge in [-0.1, -0.05) is 18.6 Å². The van der Waals surface area contributed by atoms with E-state index in [-0.39, 0.29) is 24.0 Å². The summed E-state index contributed by atoms with van der Waals surface area (Å²) in [6.07, 6.45) is 1.07. The van der Waals surface area contributed by atoms with Crippen molar-refractivity contribution in [2.75, 3.05) is 27.3 Å². The normalized spacial score (nSPS) is 28.0. The molecule has 0 spiro atoms. The Bertz CT molecular complexity index is 1470. The van der Waals surface area contributed by atoms with Gasteiger partial charge in [0.15, 0.2) is 11.4 Å². The standard InChI is InChI=1S/C29H38N4O10.N2/c1-28(42)13-7-6-9-17(34)18(13)22(35)19-14(28)11-15-21(33(2)3)23(36)20(25(38)29(15,43)24(19)37)26(39)32-12-31-16(27(40)41)8-4-5-10-30;1-2/h6-7,9,14-16,21,31,34-35,38,42-43H,4-5,8,10-12,30H2,1-3H3,(H,32,39)(H,40,41);/t14-,15+,16-,21-,28+,29-;/m0./s1. The van der Waals surface area contributed by atoms with Crippen LogP contribution in [-0.4, -0.2) is 104 Å². The third kappa shape index (κ3) is 5.76. The Labute approximate surface area is 258 Å². The van der Waals surface area contributed by atoms with Gasteiger partial charge in [-0.3, -0.25) is 29.4 Å². The van der Waals surface area contributed by atoms with Crippen LogP contribution < -0.4 is 16.4 Å². The van der Waals surface area contributed by atoms with E-state index in [0.29, 0.717) is 19.4 Å². The van der Waals surface area contributed by atoms with E-state index in [1.54, 1.807) is 0 Å². The average molecular weight is 631 g/mol. The number of benzene rings is 1. The molecule has 16 heteroatoms. The Morgan fingerprint density at radius 3 is 2.36 bits per heavy atom. The molecule has 10 N–H and O–H groups in total. The topological polar surface area (TPSA) is 291 Å². The molecule has 0 radical (unpaired) electrons. The van der Waals surface area contributed by atoms with Crippen molar-refractivity contribution in [2.24, 2.45) is 17.6 Å². The van der Waals surface area contributed by atoms with Crippen molar-refractivity contribution in [1.29, 1.82) is 10.8 Å². The maximum absolute atomic E-state index is 14.1. The maximum Gasteiger partial charge on any atom is 0.320 e. The highest BCUT2D eigenvalue weighted by Crippen LogP contribution is 2.57. The van der Waals surface area contributed by atoms with Crippen LogP contribution in [0.2, 0.25) is 0 Å². The van der Waals surface area contributed by atoms with E-state index in [2.05, 4.69) is 10.6 Å². The van der Waals surface area contributed by atoms with Crippen LogP contribution in [-0.2, 0) is 24.8 Å². The second-order valence-corrected chi connectivity index (χ2v) is 11.7. The fourth-order valence-electron chi connectivity index (χ4n) is 6.63. The summed E-state index contributed by atoms with van der Waals surface area (Å²) in [7, 11) is 2.97. The monoisotopic (exact) mass is 630 g/mol. The number of carbonyl (C=O) groups is 4. The Hall–Kier alpha value is -4.40. The summed E-state index contributed by atoms with van der Waals surface area (Å²) in [5, 5.41) is 82.9. The largest absolute Gasteiger partial charge is 0.508 e. The SMILES string of the molecule is CN(C)[C@@H]1C(=O)C(C(=O)NCN[C@@H](CCCCN)C(=O)O)=C(O)[C@@]2(O)C(=O)C3=C(O)c4c(O)cccc4[C@@](C)(O)[C@H]3C[C@H]12.N#N. The van der Waals surface area contributed by atoms with Crippen molar-refractivity contribution in [3.63, 3.8) is 0 Å². The molecule has 0 bridgehead atoms. The number of nitrogens with two attached hydrogens (primary N) is 1. The molecule has 4 rings (SSSR count). The number of phenols is 1. The van der Waals surface area contributed by atoms with Crippen molar-refractivity contribution >= 4 is 29.2 Å². The zero-order chi connectivity index (χ0) is 34.0. The van der Waals surface area contributed by atoms with E-state index < -0.39 is 93.6 Å². The zero-order valence-electron chi connectivity index (χ0n) is 25.0. The third-order valence-corrected chi connectivity index (χ3v) is 8.84. The number of aromatic hydroxyl groups is 1. The number of carbonyl (C=O) groups excluding carboxylic acids is 3. The highest BCUT2D eigenvalue weighted by atomic mass is 16.4. The first-order valence-electron chi connectivity index (χ1n) is 14.2. The maximum atomic E-state index is 14.1. The molecular formula is C29H38N6O10. The predicted octanol–water partition coefficient (Wildman–Crippen LogP) is -0.581. The first-order chi connectivity index (χ1) is 21.1. The van der Waals surface area contributed by atoms with Gasteiger partial charge in [-0.2, -0.15) is 0 Å². The third-order valence-electron chi connectivity index (χ3n) is 8.84. The predicted molar refractivity (Wildman–Crippen MR) is 155 cm³/mol. The second-order valence-electron chi connectivity index (χ2n) is 11.7. The van der Waals surface area contributed by atoms with Gasteiger partial charge in [0.05, 0.1) is 23.9 Å². The van der Waals surface area contributed by atoms with Crippen LogP contribution in [0.4, 0.5) is 0 Å². The van der Waals surface area contributed by atoms with Gasteiger partial charge < -0.3 is 41.7 Å². The summed E-state index contributed by atoms with van der Waals surface area (Å²) in [4.78, 5) is 54.0. The van der Waals surface area contributed by atoms with Crippen molar-refractivity contribution in [1.82, 2.24) is 15.5 Å². The molecule has 3 aliphatic rings. The van der Waals surface area contributed by atoms with Gasteiger partial charge in [0.2, 0.25) is 5.78 Å². The number of carboxylic acid groups (broad SMARTS) is 1. The molecule has 0 heterocycles. The minimum atomic E-state index is -2.85. The number of aliphatic hydroxyl groups excluding tert-OH is 2. The summed E-state index contributed by atoms with van der Waals surface area (Å²) < 4.78 is 0. The Morgan fingerprint density at radius 2 is 1.78 bits per heavy atom. The van der Waals surface area contributed by atoms with E-state index in [1.165, 1.54) is 44.1 Å². The number of hydrogen-bond donors (Lipinski definition) is 9. The number of hydrogen-bond acceptors (Lipinski definition) is 14. The molecule has 1 aromatic rings. The number of Topliss-reactive ketones (excluding diaryl/α,β-unsaturated/α-hetero) is 2. The smallest absolute Gasteiger partial charge is 0.320 e. The van der Waals surface area contributed by atoms with Crippen molar-refractivity contribution in [3.8, 4) is 5.75 Å². The lowest BCUT2D eigenvalue weighted by Crippen LogP contribution is -2.67. The van der Waals surface area contributed by atoms with Gasteiger partial charge >= 0.3 is 5.97 Å². The van der Waals surface area contributed by atoms with Crippen LogP contribution in [0, 0.1) is 22.6 Å². The number of unbranched alkanes of at least 4 members (excludes halogenated alkanes) is 1. The highest BCUT2D eigenvalue weighted by molar-refractivity contribution is 6.25. The number of phenolic OH excluding ortho intramolecular Hbond substituents is 1. The lowest BCUT2D eigenvalue weighted by molar-refractivity contribution is -0.159. The number of aliphatic hydroxyl groups is 4. The summed E-state index contributed by atoms with van der Waals surface area (Å²) >= 11 is 0. The fraction of sp³-hybridized carbons (Fsp3) is 0.517. The van der Waals surface area contributed by atoms with E-state index in [4.69, 9.17) is 16.5 Å². The molecule has 0 aliphatic heterocycles. The lowest BCUT2D eigenvalue weighted by atomic mass is 9.54. The second kappa shape index (κ2) is 13.3. The van der Waals surface area contributed by atoms with Crippen molar-refractivity contribution in [2.45, 2.75) is 55.9 Å². The average Bonchev–Trinajstić information content (AvgIpc) is 2.97. The number of carboxylic acids is 1. The highest BCUT2D eigenvalue weighted by Gasteiger charge is 2.66. The van der Waals surface area contributed by atoms with Crippen LogP contribution in [0.3, 0.4) is 0 Å². The number of fused-ring (bicyclic) bond motifs is 3. The molecule has 1 fully saturated rings. The van der Waals surface area contributed by atoms with Crippen LogP contribution in [0.15, 0.2) is 35.1 Å². The molecule has 1 aromatic carbocycles. The van der Waals surface area contributed by atoms with Gasteiger partial charge in [-0.15, -0.1) is 0 Å². The van der Waals surface area contributed by atoms with Crippen LogP contribution in [0.1, 0.15) is 43.7 Å². The molecule has 45 heavy (non-hydrogen) atoms. The summed E-state index contributed by atoms with van der Waals surface area (Å²) in [5.41, 5.74) is -0.669. The van der Waals surface area contributed by atoms with Crippen molar-refractivity contribution < 1.29 is 49.8 Å². The van der Waals surface area contributed by atoms with Crippen LogP contribution >= 0.6 is 0 Å². The first-order valence-corrected chi connectivity index (χ1v) is 14.2. The number of amides is 1. The molecule has 3 aliphatic carbocycles. The Balaban J connectivity index is 0.00000271. The molecule has 1 amide bonds. The van der Waals surface area contributed by atoms with Crippen LogP contribution in [0.5, 0.6) is 5.75 Å². The molecular weight excluding hydrogens is 592 g/mol. The molecule has 16 nitrogen and oxygen atoms in total. The number of likely N-dealkylation sites (N-methyl/N-ethyl adjacent to an activating group) is 1. The Kier molecular flexibility index (Phi) is 10.4. The summed E-state index contributed by atoms with van der Waals surface area (Å²) in [5.74, 6) is -9.29. The zero-order valence-corrected chi connectivity index (χ0v) is 25.0. The van der Waals surface area contributed by atoms with Gasteiger partial charge in [-0.25, -0.2) is 0 Å². The first kappa shape index (κ1) is 35.1. The minimum Gasteiger partial charge on any atom is -0.508 e. The van der Waals surface area contributed by atoms with E-state index in [9.17, 15) is 49.8 Å². The number of nitrogens with zero attached hydrogens (tertiary/aromatic N) is 3. The van der Waals surface area contributed by atoms with Crippen LogP contribution in [0.25, 0.3) is 5.76 Å². The van der Waals surface area contributed by atoms with Crippen molar-refractivity contribution in [3.05, 3.63) is 46.2 Å². The van der Waals surface area contributed by atoms with Gasteiger partial charge in [0, 0.05) is 28.2 Å². The molecule has 0 unspecified atom stereocenters. The molecule has 1 saturated carbocycles. The summed E-state index contributed by atoms with van der Waals surface area (Å²) in [6.45, 7) is 1.35.